The van der Waals surface area contributed by atoms with Crippen molar-refractivity contribution >= 4 is 12.0 Å². The minimum absolute atomic E-state index is 0.0259. The lowest BCUT2D eigenvalue weighted by atomic mass is 9.91. The Morgan fingerprint density at radius 2 is 1.71 bits per heavy atom. The highest BCUT2D eigenvalue weighted by Gasteiger charge is 2.33. The van der Waals surface area contributed by atoms with Gasteiger partial charge in [-0.1, -0.05) is 79.2 Å². The number of carbonyl (C=O) groups is 1. The van der Waals surface area contributed by atoms with Crippen molar-refractivity contribution in [3.05, 3.63) is 95.1 Å². The third kappa shape index (κ3) is 9.37. The molecule has 0 spiro atoms. The molecular formula is C39H50N2O4. The van der Waals surface area contributed by atoms with Gasteiger partial charge >= 0.3 is 0 Å². The molecular weight excluding hydrogens is 560 g/mol. The molecule has 2 fully saturated rings. The first kappa shape index (κ1) is 32.6. The highest BCUT2D eigenvalue weighted by Crippen LogP contribution is 2.42. The van der Waals surface area contributed by atoms with E-state index < -0.39 is 0 Å². The summed E-state index contributed by atoms with van der Waals surface area (Å²) < 4.78 is 17.5. The minimum atomic E-state index is -0.0259. The van der Waals surface area contributed by atoms with Gasteiger partial charge in [-0.05, 0) is 93.1 Å². The van der Waals surface area contributed by atoms with Crippen LogP contribution in [-0.4, -0.2) is 69.3 Å². The number of carbonyl (C=O) groups excluding carboxylic acids is 1. The molecule has 1 saturated carbocycles. The predicted molar refractivity (Wildman–Crippen MR) is 182 cm³/mol. The van der Waals surface area contributed by atoms with Crippen LogP contribution in [0.1, 0.15) is 61.0 Å². The molecule has 2 unspecified atom stereocenters. The largest absolute Gasteiger partial charge is 0.493 e. The molecule has 5 rings (SSSR count). The number of hydrogen-bond donors (Lipinski definition) is 0. The van der Waals surface area contributed by atoms with Crippen molar-refractivity contribution in [1.29, 1.82) is 0 Å². The lowest BCUT2D eigenvalue weighted by molar-refractivity contribution is 0.0756. The van der Waals surface area contributed by atoms with E-state index in [0.29, 0.717) is 60.3 Å². The van der Waals surface area contributed by atoms with Crippen LogP contribution >= 0.6 is 0 Å². The van der Waals surface area contributed by atoms with Crippen LogP contribution in [0.25, 0.3) is 6.08 Å². The van der Waals surface area contributed by atoms with Crippen LogP contribution in [0.4, 0.5) is 0 Å². The Kier molecular flexibility index (Phi) is 11.6. The molecule has 1 saturated heterocycles. The summed E-state index contributed by atoms with van der Waals surface area (Å²) in [5.74, 6) is 3.48. The number of amides is 1. The maximum Gasteiger partial charge on any atom is 0.254 e. The average molecular weight is 611 g/mol. The molecule has 0 aromatic heterocycles. The normalized spacial score (nSPS) is 20.0. The van der Waals surface area contributed by atoms with Crippen LogP contribution in [0, 0.1) is 17.8 Å². The van der Waals surface area contributed by atoms with Gasteiger partial charge in [0.15, 0.2) is 11.5 Å². The second-order valence-electron chi connectivity index (χ2n) is 13.0. The number of hydrogen-bond acceptors (Lipinski definition) is 5. The molecule has 0 bridgehead atoms. The number of rotatable bonds is 15. The van der Waals surface area contributed by atoms with Crippen molar-refractivity contribution in [3.8, 4) is 17.2 Å². The first-order valence-corrected chi connectivity index (χ1v) is 16.6. The summed E-state index contributed by atoms with van der Waals surface area (Å²) in [5, 5.41) is 0. The van der Waals surface area contributed by atoms with Crippen LogP contribution in [-0.2, 0) is 6.42 Å². The van der Waals surface area contributed by atoms with E-state index in [1.54, 1.807) is 20.3 Å². The van der Waals surface area contributed by atoms with E-state index in [1.807, 2.05) is 29.2 Å². The van der Waals surface area contributed by atoms with Crippen LogP contribution < -0.4 is 14.2 Å². The molecule has 1 amide bonds. The van der Waals surface area contributed by atoms with E-state index in [0.717, 1.165) is 43.6 Å². The fourth-order valence-corrected chi connectivity index (χ4v) is 6.56. The smallest absolute Gasteiger partial charge is 0.254 e. The van der Waals surface area contributed by atoms with Gasteiger partial charge in [0, 0.05) is 25.2 Å². The molecule has 1 heterocycles. The lowest BCUT2D eigenvalue weighted by Gasteiger charge is -2.33. The Morgan fingerprint density at radius 1 is 1.00 bits per heavy atom. The van der Waals surface area contributed by atoms with E-state index in [4.69, 9.17) is 14.2 Å². The summed E-state index contributed by atoms with van der Waals surface area (Å²) in [7, 11) is 3.22. The minimum Gasteiger partial charge on any atom is -0.493 e. The van der Waals surface area contributed by atoms with Gasteiger partial charge in [0.2, 0.25) is 5.75 Å². The zero-order chi connectivity index (χ0) is 31.6. The number of methoxy groups -OCH3 is 2. The number of nitrogens with zero attached hydrogens (tertiary/aromatic N) is 2. The Balaban J connectivity index is 1.29. The maximum atomic E-state index is 14.2. The number of ether oxygens (including phenoxy) is 3. The third-order valence-corrected chi connectivity index (χ3v) is 9.23. The predicted octanol–water partition coefficient (Wildman–Crippen LogP) is 7.63. The Bertz CT molecular complexity index is 1410. The van der Waals surface area contributed by atoms with Gasteiger partial charge in [-0.15, -0.1) is 0 Å². The molecule has 3 aromatic rings. The molecule has 45 heavy (non-hydrogen) atoms. The molecule has 3 aromatic carbocycles. The highest BCUT2D eigenvalue weighted by atomic mass is 16.5. The molecule has 1 aliphatic carbocycles. The number of likely N-dealkylation sites (tertiary alicyclic amines) is 1. The average Bonchev–Trinajstić information content (AvgIpc) is 3.78. The van der Waals surface area contributed by atoms with Crippen molar-refractivity contribution in [3.63, 3.8) is 0 Å². The zero-order valence-corrected chi connectivity index (χ0v) is 27.5. The van der Waals surface area contributed by atoms with Crippen molar-refractivity contribution in [1.82, 2.24) is 9.80 Å². The van der Waals surface area contributed by atoms with Gasteiger partial charge < -0.3 is 24.0 Å². The fraction of sp³-hybridized carbons (Fsp3) is 0.462. The van der Waals surface area contributed by atoms with E-state index in [1.165, 1.54) is 24.8 Å². The fourth-order valence-electron chi connectivity index (χ4n) is 6.56. The monoisotopic (exact) mass is 610 g/mol. The van der Waals surface area contributed by atoms with E-state index in [2.05, 4.69) is 67.3 Å². The first-order valence-electron chi connectivity index (χ1n) is 16.6. The topological polar surface area (TPSA) is 51.2 Å². The molecule has 240 valence electrons. The molecule has 0 radical (unpaired) electrons. The van der Waals surface area contributed by atoms with Gasteiger partial charge in [0.25, 0.3) is 5.91 Å². The summed E-state index contributed by atoms with van der Waals surface area (Å²) >= 11 is 0. The van der Waals surface area contributed by atoms with Crippen molar-refractivity contribution in [2.75, 3.05) is 53.6 Å². The molecule has 0 N–H and O–H groups in total. The van der Waals surface area contributed by atoms with Crippen molar-refractivity contribution in [2.45, 2.75) is 46.0 Å². The summed E-state index contributed by atoms with van der Waals surface area (Å²) in [6.45, 7) is 9.40. The van der Waals surface area contributed by atoms with Gasteiger partial charge in [-0.2, -0.15) is 0 Å². The Labute approximate surface area is 270 Å². The van der Waals surface area contributed by atoms with Gasteiger partial charge in [-0.25, -0.2) is 0 Å². The molecule has 6 nitrogen and oxygen atoms in total. The molecule has 2 aliphatic rings. The SMILES string of the molecule is COc1cc(C(=O)N(CCCN2CCCC(Cc3ccccc3)C2)C/C(C)=C/c2ccccc2)cc(OC[C@H]2CC2C)c1OC. The van der Waals surface area contributed by atoms with E-state index >= 15 is 0 Å². The summed E-state index contributed by atoms with van der Waals surface area (Å²) in [6, 6.07) is 24.8. The van der Waals surface area contributed by atoms with Crippen LogP contribution in [0.3, 0.4) is 0 Å². The quantitative estimate of drug-likeness (QED) is 0.177. The van der Waals surface area contributed by atoms with Crippen LogP contribution in [0.15, 0.2) is 78.4 Å². The Hall–Kier alpha value is -3.77. The highest BCUT2D eigenvalue weighted by molar-refractivity contribution is 5.96. The van der Waals surface area contributed by atoms with E-state index in [-0.39, 0.29) is 5.91 Å². The number of piperidine rings is 1. The lowest BCUT2D eigenvalue weighted by Crippen LogP contribution is -2.39. The molecule has 1 aliphatic heterocycles. The zero-order valence-electron chi connectivity index (χ0n) is 27.5. The second kappa shape index (κ2) is 16.0. The van der Waals surface area contributed by atoms with Gasteiger partial charge in [-0.3, -0.25) is 4.79 Å². The van der Waals surface area contributed by atoms with Crippen LogP contribution in [0.2, 0.25) is 0 Å². The number of benzene rings is 3. The van der Waals surface area contributed by atoms with Crippen LogP contribution in [0.5, 0.6) is 17.2 Å². The molecule has 6 heteroatoms. The second-order valence-corrected chi connectivity index (χ2v) is 13.0. The van der Waals surface area contributed by atoms with Crippen molar-refractivity contribution in [2.24, 2.45) is 17.8 Å². The first-order chi connectivity index (χ1) is 21.9. The van der Waals surface area contributed by atoms with Gasteiger partial charge in [0.05, 0.1) is 20.8 Å². The standard InChI is InChI=1S/C39H50N2O4/c1-29(21-31-13-7-5-8-14-31)26-41(20-12-19-40-18-11-17-33(27-40)23-32-15-9-6-10-16-32)39(42)34-24-36(43-3)38(44-4)37(25-34)45-28-35-22-30(35)2/h5-10,13-16,21,24-25,30,33,35H,11-12,17-20,22-23,26-28H2,1-4H3/b29-21+/t30?,33?,35-/m1/s1. The summed E-state index contributed by atoms with van der Waals surface area (Å²) in [5.41, 5.74) is 4.25. The van der Waals surface area contributed by atoms with Gasteiger partial charge in [0.1, 0.15) is 0 Å². The molecule has 3 atom stereocenters. The van der Waals surface area contributed by atoms with E-state index in [9.17, 15) is 4.79 Å². The third-order valence-electron chi connectivity index (χ3n) is 9.23. The summed E-state index contributed by atoms with van der Waals surface area (Å²) in [6.07, 6.45) is 7.89. The maximum absolute atomic E-state index is 14.2. The Morgan fingerprint density at radius 3 is 2.40 bits per heavy atom. The van der Waals surface area contributed by atoms with Crippen molar-refractivity contribution < 1.29 is 19.0 Å². The summed E-state index contributed by atoms with van der Waals surface area (Å²) in [4.78, 5) is 18.8.